The summed E-state index contributed by atoms with van der Waals surface area (Å²) < 4.78 is 3.57. The molecule has 0 aliphatic carbocycles. The lowest BCUT2D eigenvalue weighted by Gasteiger charge is -2.11. The quantitative estimate of drug-likeness (QED) is 0.557. The van der Waals surface area contributed by atoms with Crippen LogP contribution in [0.1, 0.15) is 13.3 Å². The lowest BCUT2D eigenvalue weighted by molar-refractivity contribution is 0.768. The lowest BCUT2D eigenvalue weighted by atomic mass is 10.1. The van der Waals surface area contributed by atoms with E-state index in [4.69, 9.17) is 21.8 Å². The van der Waals surface area contributed by atoms with Gasteiger partial charge < -0.3 is 5.32 Å². The average molecular weight is 393 g/mol. The van der Waals surface area contributed by atoms with Gasteiger partial charge in [-0.3, -0.25) is 9.08 Å². The number of nitriles is 1. The second-order valence-corrected chi connectivity index (χ2v) is 6.95. The van der Waals surface area contributed by atoms with Gasteiger partial charge in [-0.05, 0) is 19.1 Å². The molecule has 0 unspecified atom stereocenters. The Labute approximate surface area is 166 Å². The van der Waals surface area contributed by atoms with Crippen molar-refractivity contribution < 1.29 is 0 Å². The predicted molar refractivity (Wildman–Crippen MR) is 107 cm³/mol. The molecule has 0 amide bonds. The summed E-state index contributed by atoms with van der Waals surface area (Å²) in [6, 6.07) is 9.58. The third-order valence-electron chi connectivity index (χ3n) is 4.28. The molecule has 4 rings (SSSR count). The molecule has 0 fully saturated rings. The number of nitrogens with zero attached hydrogens (tertiary/aromatic N) is 7. The molecular formula is C19H17ClN8. The Morgan fingerprint density at radius 2 is 1.96 bits per heavy atom. The van der Waals surface area contributed by atoms with Crippen molar-refractivity contribution in [2.45, 2.75) is 19.4 Å². The number of aromatic nitrogens is 6. The number of hydrogen-bond acceptors (Lipinski definition) is 6. The Kier molecular flexibility index (Phi) is 4.67. The number of fused-ring (bicyclic) bond motifs is 1. The molecule has 140 valence electrons. The molecule has 0 spiro atoms. The van der Waals surface area contributed by atoms with Crippen molar-refractivity contribution in [3.63, 3.8) is 0 Å². The van der Waals surface area contributed by atoms with Crippen molar-refractivity contribution in [1.29, 1.82) is 5.26 Å². The highest BCUT2D eigenvalue weighted by atomic mass is 35.5. The molecule has 0 saturated heterocycles. The van der Waals surface area contributed by atoms with Crippen LogP contribution < -0.4 is 5.32 Å². The maximum Gasteiger partial charge on any atom is 0.229 e. The molecule has 1 N–H and O–H groups in total. The number of aryl methyl sites for hydroxylation is 1. The van der Waals surface area contributed by atoms with E-state index in [1.165, 1.54) is 0 Å². The van der Waals surface area contributed by atoms with Crippen molar-refractivity contribution in [2.75, 3.05) is 5.32 Å². The van der Waals surface area contributed by atoms with Crippen LogP contribution in [0.4, 0.5) is 5.95 Å². The van der Waals surface area contributed by atoms with Crippen molar-refractivity contribution in [3.8, 4) is 28.6 Å². The molecule has 0 radical (unpaired) electrons. The van der Waals surface area contributed by atoms with Crippen LogP contribution in [-0.4, -0.2) is 35.4 Å². The standard InChI is InChI=1S/C19H17ClN8/c1-12(7-8-21)23-19-26-25-18-17(14-9-22-27(2)10-14)24-16(11-28(18)19)13-3-5-15(20)6-4-13/h3-6,9-12H,7H2,1-2H3,(H,23,26)/t12-/m0/s1. The van der Waals surface area contributed by atoms with Crippen molar-refractivity contribution in [3.05, 3.63) is 47.9 Å². The summed E-state index contributed by atoms with van der Waals surface area (Å²) in [7, 11) is 1.85. The van der Waals surface area contributed by atoms with Gasteiger partial charge in [-0.15, -0.1) is 10.2 Å². The Bertz CT molecular complexity index is 1170. The highest BCUT2D eigenvalue weighted by Crippen LogP contribution is 2.28. The number of hydrogen-bond donors (Lipinski definition) is 1. The van der Waals surface area contributed by atoms with Gasteiger partial charge >= 0.3 is 0 Å². The summed E-state index contributed by atoms with van der Waals surface area (Å²) in [5.41, 5.74) is 3.79. The summed E-state index contributed by atoms with van der Waals surface area (Å²) in [5.74, 6) is 0.556. The number of benzene rings is 1. The summed E-state index contributed by atoms with van der Waals surface area (Å²) in [5, 5.41) is 25.6. The van der Waals surface area contributed by atoms with E-state index >= 15 is 0 Å². The first kappa shape index (κ1) is 17.9. The van der Waals surface area contributed by atoms with Gasteiger partial charge in [0.05, 0.1) is 24.4 Å². The van der Waals surface area contributed by atoms with E-state index in [9.17, 15) is 0 Å². The minimum Gasteiger partial charge on any atom is -0.351 e. The molecule has 28 heavy (non-hydrogen) atoms. The molecule has 8 nitrogen and oxygen atoms in total. The van der Waals surface area contributed by atoms with E-state index in [2.05, 4.69) is 26.7 Å². The summed E-state index contributed by atoms with van der Waals surface area (Å²) in [6.45, 7) is 1.92. The molecule has 9 heteroatoms. The molecule has 3 aromatic heterocycles. The van der Waals surface area contributed by atoms with Gasteiger partial charge in [0, 0.05) is 41.6 Å². The fraction of sp³-hybridized carbons (Fsp3) is 0.211. The van der Waals surface area contributed by atoms with Crippen LogP contribution in [0.25, 0.3) is 28.2 Å². The molecule has 4 aromatic rings. The number of rotatable bonds is 5. The Hall–Kier alpha value is -3.44. The van der Waals surface area contributed by atoms with Crippen LogP contribution in [0.5, 0.6) is 0 Å². The largest absolute Gasteiger partial charge is 0.351 e. The highest BCUT2D eigenvalue weighted by Gasteiger charge is 2.17. The SMILES string of the molecule is C[C@@H](CC#N)Nc1nnc2c(-c3cnn(C)c3)nc(-c3ccc(Cl)cc3)cn12. The topological polar surface area (TPSA) is 96.7 Å². The first-order valence-corrected chi connectivity index (χ1v) is 9.07. The van der Waals surface area contributed by atoms with Crippen LogP contribution >= 0.6 is 11.6 Å². The van der Waals surface area contributed by atoms with Crippen molar-refractivity contribution in [1.82, 2.24) is 29.4 Å². The molecule has 0 bridgehead atoms. The third kappa shape index (κ3) is 3.40. The molecule has 1 atom stereocenters. The zero-order valence-corrected chi connectivity index (χ0v) is 16.1. The van der Waals surface area contributed by atoms with E-state index in [0.717, 1.165) is 16.8 Å². The number of anilines is 1. The van der Waals surface area contributed by atoms with Gasteiger partial charge in [-0.25, -0.2) is 4.98 Å². The highest BCUT2D eigenvalue weighted by molar-refractivity contribution is 6.30. The molecule has 0 aliphatic heterocycles. The Morgan fingerprint density at radius 1 is 1.18 bits per heavy atom. The van der Waals surface area contributed by atoms with Gasteiger partial charge in [0.1, 0.15) is 5.69 Å². The first-order valence-electron chi connectivity index (χ1n) is 8.69. The fourth-order valence-electron chi connectivity index (χ4n) is 2.90. The van der Waals surface area contributed by atoms with Gasteiger partial charge in [0.2, 0.25) is 5.95 Å². The average Bonchev–Trinajstić information content (AvgIpc) is 3.28. The van der Waals surface area contributed by atoms with Gasteiger partial charge in [-0.2, -0.15) is 10.4 Å². The van der Waals surface area contributed by atoms with Crippen LogP contribution in [0.15, 0.2) is 42.9 Å². The van der Waals surface area contributed by atoms with E-state index in [-0.39, 0.29) is 6.04 Å². The van der Waals surface area contributed by atoms with E-state index in [1.54, 1.807) is 10.9 Å². The predicted octanol–water partition coefficient (Wildman–Crippen LogP) is 3.56. The van der Waals surface area contributed by atoms with Gasteiger partial charge in [0.25, 0.3) is 0 Å². The number of halogens is 1. The number of nitrogens with one attached hydrogen (secondary N) is 1. The maximum atomic E-state index is 8.93. The van der Waals surface area contributed by atoms with Crippen LogP contribution in [-0.2, 0) is 7.05 Å². The molecule has 0 saturated carbocycles. The Morgan fingerprint density at radius 3 is 2.64 bits per heavy atom. The third-order valence-corrected chi connectivity index (χ3v) is 4.53. The van der Waals surface area contributed by atoms with Gasteiger partial charge in [0.15, 0.2) is 5.65 Å². The first-order chi connectivity index (χ1) is 13.5. The van der Waals surface area contributed by atoms with Crippen LogP contribution in [0.2, 0.25) is 5.02 Å². The molecular weight excluding hydrogens is 376 g/mol. The summed E-state index contributed by atoms with van der Waals surface area (Å²) in [6.07, 6.45) is 5.86. The second-order valence-electron chi connectivity index (χ2n) is 6.51. The summed E-state index contributed by atoms with van der Waals surface area (Å²) in [4.78, 5) is 4.81. The van der Waals surface area contributed by atoms with Crippen molar-refractivity contribution in [2.24, 2.45) is 7.05 Å². The maximum absolute atomic E-state index is 8.93. The minimum absolute atomic E-state index is 0.0635. The molecule has 1 aromatic carbocycles. The normalized spacial score (nSPS) is 12.1. The second kappa shape index (κ2) is 7.29. The monoisotopic (exact) mass is 392 g/mol. The minimum atomic E-state index is -0.0635. The van der Waals surface area contributed by atoms with E-state index in [1.807, 2.05) is 55.0 Å². The van der Waals surface area contributed by atoms with E-state index in [0.29, 0.717) is 28.7 Å². The fourth-order valence-corrected chi connectivity index (χ4v) is 3.03. The van der Waals surface area contributed by atoms with Gasteiger partial charge in [-0.1, -0.05) is 23.7 Å². The molecule has 3 heterocycles. The molecule has 0 aliphatic rings. The zero-order valence-electron chi connectivity index (χ0n) is 15.3. The smallest absolute Gasteiger partial charge is 0.229 e. The van der Waals surface area contributed by atoms with Crippen molar-refractivity contribution >= 4 is 23.2 Å². The Balaban J connectivity index is 1.90. The zero-order chi connectivity index (χ0) is 19.7. The van der Waals surface area contributed by atoms with Crippen LogP contribution in [0.3, 0.4) is 0 Å². The summed E-state index contributed by atoms with van der Waals surface area (Å²) >= 11 is 6.03. The lowest BCUT2D eigenvalue weighted by Crippen LogP contribution is -2.16. The van der Waals surface area contributed by atoms with E-state index < -0.39 is 0 Å². The van der Waals surface area contributed by atoms with Crippen LogP contribution in [0, 0.1) is 11.3 Å².